The first-order valence-electron chi connectivity index (χ1n) is 16.8. The Bertz CT molecular complexity index is 1560. The van der Waals surface area contributed by atoms with Crippen molar-refractivity contribution in [2.24, 2.45) is 5.92 Å². The van der Waals surface area contributed by atoms with Crippen molar-refractivity contribution in [3.05, 3.63) is 46.5 Å². The highest BCUT2D eigenvalue weighted by atomic mass is 35.5. The first-order chi connectivity index (χ1) is 24.0. The maximum absolute atomic E-state index is 14.1. The van der Waals surface area contributed by atoms with E-state index in [-0.39, 0.29) is 30.2 Å². The Labute approximate surface area is 308 Å². The third kappa shape index (κ3) is 9.02. The molecule has 3 aliphatic heterocycles. The second-order valence-electron chi connectivity index (χ2n) is 13.6. The van der Waals surface area contributed by atoms with E-state index >= 15 is 0 Å². The van der Waals surface area contributed by atoms with Gasteiger partial charge in [0.15, 0.2) is 5.72 Å². The minimum absolute atomic E-state index is 0.0440. The molecule has 3 amide bonds. The van der Waals surface area contributed by atoms with Crippen LogP contribution in [0.1, 0.15) is 52.5 Å². The molecule has 3 heterocycles. The van der Waals surface area contributed by atoms with Crippen LogP contribution in [0.15, 0.2) is 35.9 Å². The number of hydrogen-bond donors (Lipinski definition) is 2. The van der Waals surface area contributed by atoms with Crippen LogP contribution in [0.2, 0.25) is 5.02 Å². The molecule has 4 rings (SSSR count). The number of fused-ring (bicyclic) bond motifs is 5. The van der Waals surface area contributed by atoms with Crippen molar-refractivity contribution in [2.75, 3.05) is 45.2 Å². The Balaban J connectivity index is 1.76. The van der Waals surface area contributed by atoms with Gasteiger partial charge in [0.1, 0.15) is 40.7 Å². The number of allylic oxidation sites excluding steroid dienone is 3. The maximum atomic E-state index is 14.1. The smallest absolute Gasteiger partial charge is 0.409 e. The van der Waals surface area contributed by atoms with E-state index in [0.29, 0.717) is 23.6 Å². The maximum Gasteiger partial charge on any atom is 0.409 e. The monoisotopic (exact) mass is 751 g/mol. The minimum Gasteiger partial charge on any atom is -0.495 e. The topological polar surface area (TPSA) is 156 Å². The SMILES string of the molecule is COc1cc2cc(c1Cl)N(C)C(=O)C[C@H](OC(=O)[C@@H](C)N(C)C(=O)CCSC)C1(C)OC1[C@H](C)C1C[C@@](O)(NC(=O)O1)[C@H](OC)/C=C/C=C(\C)C2. The molecule has 2 saturated heterocycles. The first-order valence-corrected chi connectivity index (χ1v) is 18.6. The number of epoxide rings is 1. The molecule has 3 unspecified atom stereocenters. The summed E-state index contributed by atoms with van der Waals surface area (Å²) in [5.74, 6) is -0.896. The van der Waals surface area contributed by atoms with Crippen LogP contribution in [0.3, 0.4) is 0 Å². The molecule has 3 aliphatic rings. The Morgan fingerprint density at radius 2 is 1.98 bits per heavy atom. The summed E-state index contributed by atoms with van der Waals surface area (Å²) >= 11 is 8.27. The number of halogens is 1. The van der Waals surface area contributed by atoms with E-state index in [9.17, 15) is 24.3 Å². The third-order valence-electron chi connectivity index (χ3n) is 10.0. The largest absolute Gasteiger partial charge is 0.495 e. The lowest BCUT2D eigenvalue weighted by atomic mass is 9.83. The number of hydrogen-bond acceptors (Lipinski definition) is 11. The van der Waals surface area contributed by atoms with Gasteiger partial charge in [-0.05, 0) is 51.1 Å². The lowest BCUT2D eigenvalue weighted by Crippen LogP contribution is -2.63. The minimum atomic E-state index is -1.82. The zero-order valence-corrected chi connectivity index (χ0v) is 32.3. The fraction of sp³-hybridized carbons (Fsp3) is 0.611. The zero-order chi connectivity index (χ0) is 37.8. The fourth-order valence-corrected chi connectivity index (χ4v) is 7.28. The lowest BCUT2D eigenvalue weighted by Gasteiger charge is -2.42. The highest BCUT2D eigenvalue weighted by molar-refractivity contribution is 7.98. The quantitative estimate of drug-likeness (QED) is 0.289. The summed E-state index contributed by atoms with van der Waals surface area (Å²) < 4.78 is 29.1. The number of aliphatic hydroxyl groups is 1. The number of alkyl carbamates (subject to hydrolysis) is 1. The highest BCUT2D eigenvalue weighted by Gasteiger charge is 2.64. The summed E-state index contributed by atoms with van der Waals surface area (Å²) in [6.45, 7) is 7.02. The number of rotatable bonds is 8. The summed E-state index contributed by atoms with van der Waals surface area (Å²) in [4.78, 5) is 56.0. The number of thioether (sulfide) groups is 1. The predicted octanol–water partition coefficient (Wildman–Crippen LogP) is 4.27. The first kappa shape index (κ1) is 40.5. The highest BCUT2D eigenvalue weighted by Crippen LogP contribution is 2.49. The molecule has 13 nitrogen and oxygen atoms in total. The Morgan fingerprint density at radius 1 is 1.27 bits per heavy atom. The molecule has 1 aromatic rings. The molecule has 282 valence electrons. The summed E-state index contributed by atoms with van der Waals surface area (Å²) in [6, 6.07) is 2.64. The summed E-state index contributed by atoms with van der Waals surface area (Å²) in [7, 11) is 6.04. The van der Waals surface area contributed by atoms with E-state index in [1.54, 1.807) is 52.1 Å². The van der Waals surface area contributed by atoms with E-state index in [1.807, 2.05) is 19.3 Å². The molecular formula is C36H50ClN3O10S. The number of nitrogens with zero attached hydrogens (tertiary/aromatic N) is 2. The van der Waals surface area contributed by atoms with Crippen LogP contribution in [0.4, 0.5) is 10.5 Å². The number of ether oxygens (including phenoxy) is 5. The number of likely N-dealkylation sites (N-methyl/N-ethyl adjacent to an activating group) is 1. The number of methoxy groups -OCH3 is 2. The van der Waals surface area contributed by atoms with Crippen molar-refractivity contribution in [2.45, 2.75) is 95.2 Å². The third-order valence-corrected chi connectivity index (χ3v) is 11.0. The molecule has 0 saturated carbocycles. The van der Waals surface area contributed by atoms with Crippen molar-refractivity contribution in [1.82, 2.24) is 10.2 Å². The second kappa shape index (κ2) is 16.6. The van der Waals surface area contributed by atoms with E-state index in [2.05, 4.69) is 5.32 Å². The molecule has 4 bridgehead atoms. The molecule has 15 heteroatoms. The number of nitrogens with one attached hydrogen (secondary N) is 1. The van der Waals surface area contributed by atoms with E-state index < -0.39 is 65.7 Å². The van der Waals surface area contributed by atoms with Gasteiger partial charge in [-0.2, -0.15) is 11.8 Å². The Morgan fingerprint density at radius 3 is 2.63 bits per heavy atom. The predicted molar refractivity (Wildman–Crippen MR) is 194 cm³/mol. The van der Waals surface area contributed by atoms with Crippen molar-refractivity contribution >= 4 is 52.9 Å². The molecule has 0 radical (unpaired) electrons. The van der Waals surface area contributed by atoms with Crippen LogP contribution < -0.4 is 15.0 Å². The molecule has 1 aromatic carbocycles. The van der Waals surface area contributed by atoms with Crippen LogP contribution in [0, 0.1) is 5.92 Å². The van der Waals surface area contributed by atoms with Gasteiger partial charge in [0.25, 0.3) is 0 Å². The van der Waals surface area contributed by atoms with Crippen molar-refractivity contribution in [1.29, 1.82) is 0 Å². The lowest BCUT2D eigenvalue weighted by molar-refractivity contribution is -0.161. The van der Waals surface area contributed by atoms with Crippen LogP contribution in [0.5, 0.6) is 5.75 Å². The van der Waals surface area contributed by atoms with Gasteiger partial charge in [0.05, 0.1) is 25.3 Å². The number of amides is 3. The number of esters is 1. The number of benzene rings is 1. The van der Waals surface area contributed by atoms with E-state index in [0.717, 1.165) is 11.1 Å². The normalized spacial score (nSPS) is 31.9. The van der Waals surface area contributed by atoms with Gasteiger partial charge < -0.3 is 38.6 Å². The molecule has 0 aliphatic carbocycles. The van der Waals surface area contributed by atoms with Crippen LogP contribution in [-0.4, -0.2) is 116 Å². The standard InChI is InChI=1S/C36H50ClN3O10S/c1-20-11-10-12-27(47-8)36(45)19-26(48-34(44)38-36)21(2)32-35(4,50-32)28(49-33(43)22(3)39(5)29(41)13-14-51-9)18-30(42)40(6)24-16-23(15-20)17-25(46-7)31(24)37/h10-12,16-17,21-22,26-28,32,45H,13-15,18-19H2,1-9H3,(H,38,44)/b12-10+,20-11+/t21-,22-,26?,27-,28+,32?,35?,36+/m1/s1. The zero-order valence-electron chi connectivity index (χ0n) is 30.7. The van der Waals surface area contributed by atoms with Crippen molar-refractivity contribution in [3.8, 4) is 5.75 Å². The van der Waals surface area contributed by atoms with Crippen molar-refractivity contribution < 1.29 is 48.0 Å². The fourth-order valence-electron chi connectivity index (χ4n) is 6.58. The summed E-state index contributed by atoms with van der Waals surface area (Å²) in [5, 5.41) is 14.4. The number of carbonyl (C=O) groups is 4. The van der Waals surface area contributed by atoms with E-state index in [1.165, 1.54) is 42.8 Å². The van der Waals surface area contributed by atoms with Gasteiger partial charge in [-0.1, -0.05) is 42.3 Å². The molecule has 0 spiro atoms. The van der Waals surface area contributed by atoms with Gasteiger partial charge in [0.2, 0.25) is 11.8 Å². The van der Waals surface area contributed by atoms with Crippen molar-refractivity contribution in [3.63, 3.8) is 0 Å². The van der Waals surface area contributed by atoms with Crippen LogP contribution in [-0.2, 0) is 39.8 Å². The molecular weight excluding hydrogens is 702 g/mol. The second-order valence-corrected chi connectivity index (χ2v) is 15.0. The van der Waals surface area contributed by atoms with Gasteiger partial charge in [-0.15, -0.1) is 0 Å². The average molecular weight is 752 g/mol. The summed E-state index contributed by atoms with van der Waals surface area (Å²) in [6.07, 6.45) is 3.16. The Kier molecular flexibility index (Phi) is 13.2. The van der Waals surface area contributed by atoms with Gasteiger partial charge in [-0.3, -0.25) is 14.9 Å². The van der Waals surface area contributed by atoms with Crippen LogP contribution >= 0.6 is 23.4 Å². The van der Waals surface area contributed by atoms with Gasteiger partial charge in [0, 0.05) is 45.7 Å². The van der Waals surface area contributed by atoms with E-state index in [4.69, 9.17) is 35.3 Å². The molecule has 0 aromatic heterocycles. The number of anilines is 1. The molecule has 2 fully saturated rings. The number of carbonyl (C=O) groups excluding carboxylic acids is 4. The molecule has 2 N–H and O–H groups in total. The molecule has 8 atom stereocenters. The summed E-state index contributed by atoms with van der Waals surface area (Å²) in [5.41, 5.74) is -0.877. The van der Waals surface area contributed by atoms with Gasteiger partial charge in [-0.25, -0.2) is 9.59 Å². The molecule has 51 heavy (non-hydrogen) atoms. The Hall–Kier alpha value is -3.30. The average Bonchev–Trinajstić information content (AvgIpc) is 3.79. The van der Waals surface area contributed by atoms with Crippen LogP contribution in [0.25, 0.3) is 0 Å². The van der Waals surface area contributed by atoms with Gasteiger partial charge >= 0.3 is 12.1 Å².